The Kier molecular flexibility index (Phi) is 18.5. The van der Waals surface area contributed by atoms with Gasteiger partial charge in [0.25, 0.3) is 0 Å². The van der Waals surface area contributed by atoms with Gasteiger partial charge in [-0.15, -0.1) is 0 Å². The van der Waals surface area contributed by atoms with E-state index in [1.807, 2.05) is 6.92 Å². The van der Waals surface area contributed by atoms with Crippen molar-refractivity contribution in [3.8, 4) is 0 Å². The Balaban J connectivity index is -0.000000114. The van der Waals surface area contributed by atoms with Crippen molar-refractivity contribution in [2.45, 2.75) is 39.7 Å². The van der Waals surface area contributed by atoms with Crippen LogP contribution in [0.4, 0.5) is 0 Å². The highest BCUT2D eigenvalue weighted by atomic mass is 16.4. The van der Waals surface area contributed by atoms with E-state index in [4.69, 9.17) is 10.2 Å². The molecule has 0 heterocycles. The van der Waals surface area contributed by atoms with Crippen molar-refractivity contribution in [3.05, 3.63) is 0 Å². The van der Waals surface area contributed by atoms with Crippen LogP contribution in [0, 0.1) is 0 Å². The van der Waals surface area contributed by atoms with Gasteiger partial charge in [0.1, 0.15) is 0 Å². The van der Waals surface area contributed by atoms with Crippen LogP contribution in [-0.2, 0) is 4.79 Å². The summed E-state index contributed by atoms with van der Waals surface area (Å²) in [5.41, 5.74) is 0. The molecule has 0 aliphatic carbocycles. The van der Waals surface area contributed by atoms with Crippen LogP contribution in [-0.4, -0.2) is 27.8 Å². The third-order valence-electron chi connectivity index (χ3n) is 0.464. The summed E-state index contributed by atoms with van der Waals surface area (Å²) < 4.78 is 0. The SMILES string of the molecule is CC(C)O.CCCC(=O)O.O. The summed E-state index contributed by atoms with van der Waals surface area (Å²) in [6, 6.07) is 0. The highest BCUT2D eigenvalue weighted by Crippen LogP contribution is 1.82. The lowest BCUT2D eigenvalue weighted by atomic mass is 10.4. The van der Waals surface area contributed by atoms with Gasteiger partial charge < -0.3 is 15.7 Å². The number of aliphatic hydroxyl groups is 1. The molecule has 4 heteroatoms. The quantitative estimate of drug-likeness (QED) is 0.623. The molecule has 70 valence electrons. The van der Waals surface area contributed by atoms with Crippen LogP contribution in [0.5, 0.6) is 0 Å². The minimum Gasteiger partial charge on any atom is -0.481 e. The Morgan fingerprint density at radius 2 is 1.73 bits per heavy atom. The fraction of sp³-hybridized carbons (Fsp3) is 0.857. The van der Waals surface area contributed by atoms with Crippen molar-refractivity contribution in [1.82, 2.24) is 0 Å². The highest BCUT2D eigenvalue weighted by Gasteiger charge is 1.87. The zero-order chi connectivity index (χ0) is 8.57. The van der Waals surface area contributed by atoms with Crippen molar-refractivity contribution >= 4 is 5.97 Å². The molecular formula is C7H18O4. The van der Waals surface area contributed by atoms with E-state index in [0.29, 0.717) is 6.42 Å². The monoisotopic (exact) mass is 166 g/mol. The van der Waals surface area contributed by atoms with E-state index < -0.39 is 5.97 Å². The number of rotatable bonds is 2. The summed E-state index contributed by atoms with van der Waals surface area (Å²) in [7, 11) is 0. The summed E-state index contributed by atoms with van der Waals surface area (Å²) in [6.07, 6.45) is 0.856. The zero-order valence-electron chi connectivity index (χ0n) is 7.29. The number of aliphatic carboxylic acids is 1. The molecule has 0 aromatic heterocycles. The maximum Gasteiger partial charge on any atom is 0.303 e. The summed E-state index contributed by atoms with van der Waals surface area (Å²) >= 11 is 0. The van der Waals surface area contributed by atoms with Crippen LogP contribution >= 0.6 is 0 Å². The zero-order valence-corrected chi connectivity index (χ0v) is 7.29. The second-order valence-corrected chi connectivity index (χ2v) is 2.24. The van der Waals surface area contributed by atoms with Gasteiger partial charge in [0.2, 0.25) is 0 Å². The minimum atomic E-state index is -0.711. The number of carboxylic acid groups (broad SMARTS) is 1. The van der Waals surface area contributed by atoms with Gasteiger partial charge >= 0.3 is 5.97 Å². The van der Waals surface area contributed by atoms with Gasteiger partial charge in [0, 0.05) is 12.5 Å². The number of aliphatic hydroxyl groups excluding tert-OH is 1. The maximum absolute atomic E-state index is 9.60. The molecular weight excluding hydrogens is 148 g/mol. The molecule has 11 heavy (non-hydrogen) atoms. The third kappa shape index (κ3) is 89.8. The number of hydrogen-bond acceptors (Lipinski definition) is 2. The second-order valence-electron chi connectivity index (χ2n) is 2.24. The Morgan fingerprint density at radius 1 is 1.45 bits per heavy atom. The molecule has 0 spiro atoms. The average molecular weight is 166 g/mol. The summed E-state index contributed by atoms with van der Waals surface area (Å²) in [6.45, 7) is 5.29. The molecule has 0 fully saturated rings. The van der Waals surface area contributed by atoms with Gasteiger partial charge in [-0.2, -0.15) is 0 Å². The number of carboxylic acids is 1. The Morgan fingerprint density at radius 3 is 1.73 bits per heavy atom. The van der Waals surface area contributed by atoms with Crippen LogP contribution in [0.1, 0.15) is 33.6 Å². The van der Waals surface area contributed by atoms with Crippen molar-refractivity contribution in [1.29, 1.82) is 0 Å². The van der Waals surface area contributed by atoms with E-state index in [2.05, 4.69) is 0 Å². The van der Waals surface area contributed by atoms with Crippen LogP contribution in [0.2, 0.25) is 0 Å². The average Bonchev–Trinajstić information content (AvgIpc) is 1.62. The van der Waals surface area contributed by atoms with Crippen LogP contribution in [0.25, 0.3) is 0 Å². The standard InChI is InChI=1S/C4H8O2.C3H8O.H2O/c1-2-3-4(5)6;1-3(2)4;/h2-3H2,1H3,(H,5,6);3-4H,1-2H3;1H2. The Bertz CT molecular complexity index is 77.8. The van der Waals surface area contributed by atoms with E-state index in [1.54, 1.807) is 13.8 Å². The van der Waals surface area contributed by atoms with E-state index in [1.165, 1.54) is 0 Å². The first-order valence-corrected chi connectivity index (χ1v) is 3.40. The van der Waals surface area contributed by atoms with E-state index in [0.717, 1.165) is 6.42 Å². The fourth-order valence-corrected chi connectivity index (χ4v) is 0.214. The third-order valence-corrected chi connectivity index (χ3v) is 0.464. The molecule has 0 radical (unpaired) electrons. The first-order valence-electron chi connectivity index (χ1n) is 3.40. The molecule has 0 unspecified atom stereocenters. The van der Waals surface area contributed by atoms with Crippen LogP contribution in [0.3, 0.4) is 0 Å². The number of hydrogen-bond donors (Lipinski definition) is 2. The molecule has 0 rings (SSSR count). The van der Waals surface area contributed by atoms with Crippen molar-refractivity contribution in [2.24, 2.45) is 0 Å². The van der Waals surface area contributed by atoms with Gasteiger partial charge in [-0.25, -0.2) is 0 Å². The van der Waals surface area contributed by atoms with Crippen molar-refractivity contribution in [2.75, 3.05) is 0 Å². The van der Waals surface area contributed by atoms with Gasteiger partial charge in [0.05, 0.1) is 0 Å². The largest absolute Gasteiger partial charge is 0.481 e. The first kappa shape index (κ1) is 16.8. The van der Waals surface area contributed by atoms with E-state index in [-0.39, 0.29) is 11.6 Å². The first-order chi connectivity index (χ1) is 4.50. The van der Waals surface area contributed by atoms with Gasteiger partial charge in [0.15, 0.2) is 0 Å². The molecule has 0 atom stereocenters. The van der Waals surface area contributed by atoms with Gasteiger partial charge in [-0.05, 0) is 20.3 Å². The molecule has 4 N–H and O–H groups in total. The molecule has 0 bridgehead atoms. The predicted octanol–water partition coefficient (Wildman–Crippen LogP) is 0.434. The lowest BCUT2D eigenvalue weighted by Gasteiger charge is -1.80. The highest BCUT2D eigenvalue weighted by molar-refractivity contribution is 5.66. The van der Waals surface area contributed by atoms with Gasteiger partial charge in [-0.3, -0.25) is 4.79 Å². The Labute approximate surface area is 67.2 Å². The van der Waals surface area contributed by atoms with E-state index >= 15 is 0 Å². The van der Waals surface area contributed by atoms with Crippen LogP contribution in [0.15, 0.2) is 0 Å². The lowest BCUT2D eigenvalue weighted by molar-refractivity contribution is -0.137. The topological polar surface area (TPSA) is 89.0 Å². The molecule has 0 aromatic rings. The van der Waals surface area contributed by atoms with E-state index in [9.17, 15) is 4.79 Å². The predicted molar refractivity (Wildman–Crippen MR) is 43.5 cm³/mol. The summed E-state index contributed by atoms with van der Waals surface area (Å²) in [5, 5.41) is 16.0. The molecule has 0 amide bonds. The summed E-state index contributed by atoms with van der Waals surface area (Å²) in [4.78, 5) is 9.60. The number of carbonyl (C=O) groups is 1. The molecule has 0 aliphatic heterocycles. The minimum absolute atomic E-state index is 0. The maximum atomic E-state index is 9.60. The smallest absolute Gasteiger partial charge is 0.303 e. The fourth-order valence-electron chi connectivity index (χ4n) is 0.214. The molecule has 0 saturated heterocycles. The lowest BCUT2D eigenvalue weighted by Crippen LogP contribution is -1.90. The summed E-state index contributed by atoms with van der Waals surface area (Å²) in [5.74, 6) is -0.711. The van der Waals surface area contributed by atoms with Gasteiger partial charge in [-0.1, -0.05) is 6.92 Å². The van der Waals surface area contributed by atoms with Crippen molar-refractivity contribution in [3.63, 3.8) is 0 Å². The second kappa shape index (κ2) is 12.1. The molecule has 4 nitrogen and oxygen atoms in total. The molecule has 0 aliphatic rings. The normalized spacial score (nSPS) is 7.73. The molecule has 0 saturated carbocycles. The van der Waals surface area contributed by atoms with Crippen LogP contribution < -0.4 is 0 Å². The Hall–Kier alpha value is -0.610. The molecule has 0 aromatic carbocycles. The van der Waals surface area contributed by atoms with Crippen molar-refractivity contribution < 1.29 is 20.5 Å².